The van der Waals surface area contributed by atoms with Crippen molar-refractivity contribution in [1.29, 1.82) is 0 Å². The highest BCUT2D eigenvalue weighted by molar-refractivity contribution is 7.98. The number of halogens is 2. The summed E-state index contributed by atoms with van der Waals surface area (Å²) in [6, 6.07) is 12.3. The summed E-state index contributed by atoms with van der Waals surface area (Å²) in [6.45, 7) is 0. The van der Waals surface area contributed by atoms with Crippen LogP contribution in [0.2, 0.25) is 5.02 Å². The topological polar surface area (TPSA) is 24.9 Å². The molecule has 0 atom stereocenters. The van der Waals surface area contributed by atoms with E-state index in [1.165, 1.54) is 12.1 Å². The van der Waals surface area contributed by atoms with Crippen molar-refractivity contribution in [2.45, 2.75) is 0 Å². The van der Waals surface area contributed by atoms with Crippen molar-refractivity contribution in [3.05, 3.63) is 59.5 Å². The minimum atomic E-state index is -0.297. The van der Waals surface area contributed by atoms with Gasteiger partial charge < -0.3 is 5.32 Å². The van der Waals surface area contributed by atoms with Crippen LogP contribution in [0.3, 0.4) is 0 Å². The fraction of sp³-hybridized carbons (Fsp3) is 0.118. The molecule has 2 nitrogen and oxygen atoms in total. The normalized spacial score (nSPS) is 10.9. The average Bonchev–Trinajstić information content (AvgIpc) is 2.54. The number of nitrogens with zero attached hydrogens (tertiary/aromatic N) is 1. The second-order valence-corrected chi connectivity index (χ2v) is 6.14. The zero-order valence-corrected chi connectivity index (χ0v) is 13.5. The average molecular weight is 333 g/mol. The van der Waals surface area contributed by atoms with Crippen molar-refractivity contribution >= 4 is 40.0 Å². The molecule has 22 heavy (non-hydrogen) atoms. The molecule has 3 rings (SSSR count). The number of pyridine rings is 1. The lowest BCUT2D eigenvalue weighted by Gasteiger charge is -2.08. The van der Waals surface area contributed by atoms with E-state index in [0.29, 0.717) is 10.6 Å². The van der Waals surface area contributed by atoms with Crippen LogP contribution in [0.5, 0.6) is 0 Å². The summed E-state index contributed by atoms with van der Waals surface area (Å²) in [5.41, 5.74) is 1.57. The Morgan fingerprint density at radius 1 is 1.14 bits per heavy atom. The molecule has 0 aliphatic rings. The summed E-state index contributed by atoms with van der Waals surface area (Å²) in [7, 11) is 0. The molecule has 0 aliphatic carbocycles. The zero-order chi connectivity index (χ0) is 15.5. The highest BCUT2D eigenvalue weighted by atomic mass is 35.5. The third-order valence-corrected chi connectivity index (χ3v) is 4.12. The molecular weight excluding hydrogens is 319 g/mol. The Bertz CT molecular complexity index is 823. The molecule has 0 radical (unpaired) electrons. The molecule has 112 valence electrons. The van der Waals surface area contributed by atoms with Gasteiger partial charge in [0.1, 0.15) is 11.6 Å². The smallest absolute Gasteiger partial charge is 0.127 e. The molecule has 1 heterocycles. The Labute approximate surface area is 137 Å². The number of fused-ring (bicyclic) bond motifs is 1. The number of benzene rings is 2. The molecule has 5 heteroatoms. The van der Waals surface area contributed by atoms with E-state index in [9.17, 15) is 4.39 Å². The predicted molar refractivity (Wildman–Crippen MR) is 94.2 cm³/mol. The summed E-state index contributed by atoms with van der Waals surface area (Å²) in [6.07, 6.45) is 3.84. The third kappa shape index (κ3) is 3.18. The molecule has 0 saturated carbocycles. The second-order valence-electron chi connectivity index (χ2n) is 4.87. The van der Waals surface area contributed by atoms with Gasteiger partial charge in [0.15, 0.2) is 0 Å². The van der Waals surface area contributed by atoms with Crippen LogP contribution in [-0.4, -0.2) is 17.1 Å². The van der Waals surface area contributed by atoms with Gasteiger partial charge in [0.05, 0.1) is 5.88 Å². The lowest BCUT2D eigenvalue weighted by molar-refractivity contribution is 0.628. The predicted octanol–water partition coefficient (Wildman–Crippen LogP) is 5.43. The minimum absolute atomic E-state index is 0.297. The number of hydrogen-bond acceptors (Lipinski definition) is 3. The van der Waals surface area contributed by atoms with Gasteiger partial charge in [-0.2, -0.15) is 0 Å². The molecule has 0 bridgehead atoms. The number of nitrogens with one attached hydrogen (secondary N) is 1. The summed E-state index contributed by atoms with van der Waals surface area (Å²) in [5.74, 6) is 1.36. The van der Waals surface area contributed by atoms with Gasteiger partial charge >= 0.3 is 0 Å². The standard InChI is InChI=1S/C17H14ClFN2S/c1-22-10-21-17-7-11-2-3-12(6-13(11)9-20-17)15-8-14(19)4-5-16(15)18/h2-9H,10H2,1H3,(H,20,21). The van der Waals surface area contributed by atoms with E-state index in [0.717, 1.165) is 28.0 Å². The number of rotatable bonds is 4. The first-order valence-corrected chi connectivity index (χ1v) is 8.52. The van der Waals surface area contributed by atoms with Gasteiger partial charge in [0.25, 0.3) is 0 Å². The van der Waals surface area contributed by atoms with E-state index in [-0.39, 0.29) is 5.82 Å². The van der Waals surface area contributed by atoms with Crippen LogP contribution in [0, 0.1) is 5.82 Å². The van der Waals surface area contributed by atoms with Crippen molar-refractivity contribution < 1.29 is 4.39 Å². The van der Waals surface area contributed by atoms with E-state index < -0.39 is 0 Å². The summed E-state index contributed by atoms with van der Waals surface area (Å²) in [5, 5.41) is 5.84. The van der Waals surface area contributed by atoms with Gasteiger partial charge in [-0.1, -0.05) is 23.7 Å². The monoisotopic (exact) mass is 332 g/mol. The van der Waals surface area contributed by atoms with Crippen molar-refractivity contribution in [2.75, 3.05) is 17.4 Å². The van der Waals surface area contributed by atoms with Crippen LogP contribution in [0.25, 0.3) is 21.9 Å². The fourth-order valence-corrected chi connectivity index (χ4v) is 2.79. The van der Waals surface area contributed by atoms with E-state index in [1.807, 2.05) is 36.7 Å². The molecule has 0 aliphatic heterocycles. The van der Waals surface area contributed by atoms with Gasteiger partial charge in [0, 0.05) is 22.2 Å². The number of anilines is 1. The van der Waals surface area contributed by atoms with Gasteiger partial charge in [-0.25, -0.2) is 9.37 Å². The lowest BCUT2D eigenvalue weighted by atomic mass is 10.0. The number of thioether (sulfide) groups is 1. The zero-order valence-electron chi connectivity index (χ0n) is 11.9. The van der Waals surface area contributed by atoms with E-state index in [1.54, 1.807) is 17.8 Å². The molecule has 0 unspecified atom stereocenters. The maximum absolute atomic E-state index is 13.4. The van der Waals surface area contributed by atoms with Crippen LogP contribution in [0.4, 0.5) is 10.2 Å². The van der Waals surface area contributed by atoms with E-state index >= 15 is 0 Å². The second kappa shape index (κ2) is 6.55. The highest BCUT2D eigenvalue weighted by Gasteiger charge is 2.07. The Morgan fingerprint density at radius 3 is 2.82 bits per heavy atom. The molecule has 1 N–H and O–H groups in total. The van der Waals surface area contributed by atoms with Crippen molar-refractivity contribution in [3.8, 4) is 11.1 Å². The Balaban J connectivity index is 2.01. The van der Waals surface area contributed by atoms with E-state index in [2.05, 4.69) is 10.3 Å². The quantitative estimate of drug-likeness (QED) is 0.645. The first-order valence-electron chi connectivity index (χ1n) is 6.75. The molecule has 0 fully saturated rings. The summed E-state index contributed by atoms with van der Waals surface area (Å²) >= 11 is 7.87. The highest BCUT2D eigenvalue weighted by Crippen LogP contribution is 2.31. The van der Waals surface area contributed by atoms with Crippen molar-refractivity contribution in [2.24, 2.45) is 0 Å². The molecule has 0 saturated heterocycles. The summed E-state index contributed by atoms with van der Waals surface area (Å²) in [4.78, 5) is 4.39. The SMILES string of the molecule is CSCNc1cc2ccc(-c3cc(F)ccc3Cl)cc2cn1. The Hall–Kier alpha value is -1.78. The minimum Gasteiger partial charge on any atom is -0.361 e. The number of aromatic nitrogens is 1. The van der Waals surface area contributed by atoms with Crippen molar-refractivity contribution in [3.63, 3.8) is 0 Å². The maximum atomic E-state index is 13.4. The molecule has 0 spiro atoms. The fourth-order valence-electron chi connectivity index (χ4n) is 2.27. The third-order valence-electron chi connectivity index (χ3n) is 3.36. The van der Waals surface area contributed by atoms with Crippen molar-refractivity contribution in [1.82, 2.24) is 4.98 Å². The van der Waals surface area contributed by atoms with Gasteiger partial charge in [-0.3, -0.25) is 0 Å². The maximum Gasteiger partial charge on any atom is 0.127 e. The molecule has 1 aromatic heterocycles. The lowest BCUT2D eigenvalue weighted by Crippen LogP contribution is -1.98. The first kappa shape index (κ1) is 15.1. The Morgan fingerprint density at radius 2 is 2.00 bits per heavy atom. The van der Waals surface area contributed by atoms with E-state index in [4.69, 9.17) is 11.6 Å². The van der Waals surface area contributed by atoms with Crippen LogP contribution >= 0.6 is 23.4 Å². The molecular formula is C17H14ClFN2S. The van der Waals surface area contributed by atoms with Gasteiger partial charge in [0.2, 0.25) is 0 Å². The molecule has 2 aromatic carbocycles. The van der Waals surface area contributed by atoms with Gasteiger partial charge in [-0.15, -0.1) is 11.8 Å². The van der Waals surface area contributed by atoms with Crippen LogP contribution in [0.15, 0.2) is 48.7 Å². The molecule has 3 aromatic rings. The Kier molecular flexibility index (Phi) is 4.50. The van der Waals surface area contributed by atoms with Crippen LogP contribution in [-0.2, 0) is 0 Å². The summed E-state index contributed by atoms with van der Waals surface area (Å²) < 4.78 is 13.4. The van der Waals surface area contributed by atoms with Crippen LogP contribution in [0.1, 0.15) is 0 Å². The first-order chi connectivity index (χ1) is 10.7. The molecule has 0 amide bonds. The van der Waals surface area contributed by atoms with Crippen LogP contribution < -0.4 is 5.32 Å². The largest absolute Gasteiger partial charge is 0.361 e. The number of hydrogen-bond donors (Lipinski definition) is 1. The van der Waals surface area contributed by atoms with Gasteiger partial charge in [-0.05, 0) is 47.5 Å².